The first kappa shape index (κ1) is 10.3. The Balaban J connectivity index is 2.91. The molecule has 0 aliphatic heterocycles. The summed E-state index contributed by atoms with van der Waals surface area (Å²) < 4.78 is 0. The lowest BCUT2D eigenvalue weighted by Crippen LogP contribution is -2.21. The van der Waals surface area contributed by atoms with Crippen LogP contribution in [0.4, 0.5) is 5.69 Å². The van der Waals surface area contributed by atoms with Crippen LogP contribution in [0.15, 0.2) is 41.5 Å². The molecule has 0 aliphatic rings. The summed E-state index contributed by atoms with van der Waals surface area (Å²) in [5.41, 5.74) is 8.21. The summed E-state index contributed by atoms with van der Waals surface area (Å²) in [4.78, 5) is 4.13. The number of aliphatic imine (C=N–C) groups is 1. The lowest BCUT2D eigenvalue weighted by Gasteiger charge is -2.08. The van der Waals surface area contributed by atoms with Gasteiger partial charge < -0.3 is 11.1 Å². The zero-order chi connectivity index (χ0) is 10.6. The molecular formula is C11H15N3. The summed E-state index contributed by atoms with van der Waals surface area (Å²) >= 11 is 0. The summed E-state index contributed by atoms with van der Waals surface area (Å²) in [5.74, 6) is 0.803. The van der Waals surface area contributed by atoms with Crippen LogP contribution in [0.25, 0.3) is 0 Å². The van der Waals surface area contributed by atoms with Gasteiger partial charge >= 0.3 is 0 Å². The highest BCUT2D eigenvalue weighted by molar-refractivity contribution is 5.99. The second-order valence-corrected chi connectivity index (χ2v) is 3.10. The number of nitrogens with two attached hydrogens (primary N) is 1. The molecule has 0 spiro atoms. The summed E-state index contributed by atoms with van der Waals surface area (Å²) in [6.45, 7) is 5.66. The van der Waals surface area contributed by atoms with E-state index in [0.29, 0.717) is 0 Å². The van der Waals surface area contributed by atoms with Crippen LogP contribution in [0.2, 0.25) is 0 Å². The van der Waals surface area contributed by atoms with Gasteiger partial charge in [-0.05, 0) is 31.2 Å². The molecule has 1 rings (SSSR count). The predicted octanol–water partition coefficient (Wildman–Crippen LogP) is 1.77. The monoisotopic (exact) mass is 189 g/mol. The molecule has 0 bridgehead atoms. The number of nitrogens with zero attached hydrogens (tertiary/aromatic N) is 1. The molecule has 0 heterocycles. The van der Waals surface area contributed by atoms with E-state index in [-0.39, 0.29) is 0 Å². The van der Waals surface area contributed by atoms with Gasteiger partial charge in [0.1, 0.15) is 5.84 Å². The molecule has 0 fully saturated rings. The molecule has 0 amide bonds. The average Bonchev–Trinajstić information content (AvgIpc) is 2.15. The molecule has 74 valence electrons. The van der Waals surface area contributed by atoms with Gasteiger partial charge in [0.2, 0.25) is 0 Å². The molecule has 1 aromatic carbocycles. The van der Waals surface area contributed by atoms with Crippen molar-refractivity contribution in [1.29, 1.82) is 0 Å². The first-order chi connectivity index (χ1) is 6.63. The van der Waals surface area contributed by atoms with Gasteiger partial charge in [-0.3, -0.25) is 4.99 Å². The first-order valence-electron chi connectivity index (χ1n) is 4.38. The number of nitrogen functional groups attached to an aromatic ring is 1. The van der Waals surface area contributed by atoms with E-state index < -0.39 is 0 Å². The molecule has 3 nitrogen and oxygen atoms in total. The Labute approximate surface area is 84.4 Å². The topological polar surface area (TPSA) is 50.4 Å². The number of nitrogens with one attached hydrogen (secondary N) is 1. The van der Waals surface area contributed by atoms with Gasteiger partial charge in [-0.2, -0.15) is 0 Å². The quantitative estimate of drug-likeness (QED) is 0.423. The minimum atomic E-state index is 0.750. The molecule has 3 heteroatoms. The van der Waals surface area contributed by atoms with Crippen molar-refractivity contribution >= 4 is 11.5 Å². The van der Waals surface area contributed by atoms with Crippen LogP contribution in [0, 0.1) is 0 Å². The first-order valence-corrected chi connectivity index (χ1v) is 4.38. The van der Waals surface area contributed by atoms with Gasteiger partial charge in [0.05, 0.1) is 0 Å². The third-order valence-electron chi connectivity index (χ3n) is 1.74. The maximum Gasteiger partial charge on any atom is 0.132 e. The highest BCUT2D eigenvalue weighted by atomic mass is 15.0. The van der Waals surface area contributed by atoms with Crippen LogP contribution >= 0.6 is 0 Å². The average molecular weight is 189 g/mol. The van der Waals surface area contributed by atoms with E-state index >= 15 is 0 Å². The Morgan fingerprint density at radius 1 is 1.36 bits per heavy atom. The van der Waals surface area contributed by atoms with E-state index in [4.69, 9.17) is 5.73 Å². The maximum atomic E-state index is 5.59. The fraction of sp³-hybridized carbons (Fsp3) is 0.182. The molecular weight excluding hydrogens is 174 g/mol. The number of hydrogen-bond acceptors (Lipinski definition) is 2. The number of rotatable bonds is 2. The Morgan fingerprint density at radius 2 is 1.93 bits per heavy atom. The Hall–Kier alpha value is -1.77. The van der Waals surface area contributed by atoms with Crippen molar-refractivity contribution in [3.63, 3.8) is 0 Å². The molecule has 1 aromatic rings. The zero-order valence-electron chi connectivity index (χ0n) is 8.54. The van der Waals surface area contributed by atoms with Crippen molar-refractivity contribution in [2.75, 3.05) is 12.8 Å². The Kier molecular flexibility index (Phi) is 3.29. The van der Waals surface area contributed by atoms with Crippen LogP contribution in [0.3, 0.4) is 0 Å². The van der Waals surface area contributed by atoms with E-state index in [9.17, 15) is 0 Å². The lowest BCUT2D eigenvalue weighted by molar-refractivity contribution is 1.11. The van der Waals surface area contributed by atoms with Crippen molar-refractivity contribution in [1.82, 2.24) is 5.32 Å². The van der Waals surface area contributed by atoms with Crippen LogP contribution < -0.4 is 11.1 Å². The summed E-state index contributed by atoms with van der Waals surface area (Å²) in [6, 6.07) is 7.54. The molecule has 0 saturated carbocycles. The Bertz CT molecular complexity index is 349. The molecule has 0 aliphatic carbocycles. The number of benzene rings is 1. The van der Waals surface area contributed by atoms with Crippen molar-refractivity contribution in [2.24, 2.45) is 4.99 Å². The summed E-state index contributed by atoms with van der Waals surface area (Å²) in [5, 5.41) is 3.08. The number of hydrogen-bond donors (Lipinski definition) is 2. The van der Waals surface area contributed by atoms with E-state index in [0.717, 1.165) is 22.8 Å². The number of allylic oxidation sites excluding steroid dienone is 1. The normalized spacial score (nSPS) is 11.1. The molecule has 3 N–H and O–H groups in total. The highest BCUT2D eigenvalue weighted by Gasteiger charge is 2.00. The lowest BCUT2D eigenvalue weighted by atomic mass is 10.2. The zero-order valence-corrected chi connectivity index (χ0v) is 8.54. The molecule has 0 radical (unpaired) electrons. The summed E-state index contributed by atoms with van der Waals surface area (Å²) in [6.07, 6.45) is 0. The van der Waals surface area contributed by atoms with E-state index in [2.05, 4.69) is 16.9 Å². The molecule has 0 saturated heterocycles. The maximum absolute atomic E-state index is 5.59. The predicted molar refractivity (Wildman–Crippen MR) is 61.3 cm³/mol. The van der Waals surface area contributed by atoms with Crippen molar-refractivity contribution in [2.45, 2.75) is 6.92 Å². The van der Waals surface area contributed by atoms with Crippen LogP contribution in [0.5, 0.6) is 0 Å². The van der Waals surface area contributed by atoms with Crippen LogP contribution in [-0.2, 0) is 0 Å². The van der Waals surface area contributed by atoms with Gasteiger partial charge in [-0.15, -0.1) is 0 Å². The van der Waals surface area contributed by atoms with Crippen molar-refractivity contribution in [3.8, 4) is 0 Å². The van der Waals surface area contributed by atoms with E-state index in [1.165, 1.54) is 0 Å². The van der Waals surface area contributed by atoms with Crippen LogP contribution in [-0.4, -0.2) is 12.9 Å². The molecule has 0 aromatic heterocycles. The van der Waals surface area contributed by atoms with E-state index in [1.54, 1.807) is 7.05 Å². The third kappa shape index (κ3) is 2.62. The second kappa shape index (κ2) is 4.46. The Morgan fingerprint density at radius 3 is 2.36 bits per heavy atom. The standard InChI is InChI=1S/C11H15N3/c1-8(2)14-11(13-3)9-4-6-10(12)7-5-9/h4-7H,1,12H2,2-3H3,(H,13,14). The number of anilines is 1. The third-order valence-corrected chi connectivity index (χ3v) is 1.74. The summed E-state index contributed by atoms with van der Waals surface area (Å²) in [7, 11) is 1.74. The second-order valence-electron chi connectivity index (χ2n) is 3.10. The fourth-order valence-corrected chi connectivity index (χ4v) is 1.10. The fourth-order valence-electron chi connectivity index (χ4n) is 1.10. The van der Waals surface area contributed by atoms with Gasteiger partial charge in [-0.1, -0.05) is 6.58 Å². The van der Waals surface area contributed by atoms with Gasteiger partial charge in [0.25, 0.3) is 0 Å². The molecule has 0 unspecified atom stereocenters. The van der Waals surface area contributed by atoms with E-state index in [1.807, 2.05) is 31.2 Å². The van der Waals surface area contributed by atoms with Crippen LogP contribution in [0.1, 0.15) is 12.5 Å². The smallest absolute Gasteiger partial charge is 0.132 e. The van der Waals surface area contributed by atoms with Gasteiger partial charge in [-0.25, -0.2) is 0 Å². The molecule has 14 heavy (non-hydrogen) atoms. The minimum Gasteiger partial charge on any atom is -0.399 e. The van der Waals surface area contributed by atoms with Gasteiger partial charge in [0, 0.05) is 24.0 Å². The SMILES string of the molecule is C=C(C)NC(=NC)c1ccc(N)cc1. The minimum absolute atomic E-state index is 0.750. The van der Waals surface area contributed by atoms with Crippen molar-refractivity contribution < 1.29 is 0 Å². The van der Waals surface area contributed by atoms with Crippen molar-refractivity contribution in [3.05, 3.63) is 42.1 Å². The molecule has 0 atom stereocenters. The highest BCUT2D eigenvalue weighted by Crippen LogP contribution is 2.06. The number of amidine groups is 1. The van der Waals surface area contributed by atoms with Gasteiger partial charge in [0.15, 0.2) is 0 Å². The largest absolute Gasteiger partial charge is 0.399 e.